The summed E-state index contributed by atoms with van der Waals surface area (Å²) >= 11 is 6.50. The first-order valence-electron chi connectivity index (χ1n) is 6.35. The number of nitrogens with two attached hydrogens (primary N) is 1. The first kappa shape index (κ1) is 14.9. The Bertz CT molecular complexity index is 662. The van der Waals surface area contributed by atoms with E-state index in [9.17, 15) is 0 Å². The Hall–Kier alpha value is -1.46. The van der Waals surface area contributed by atoms with Crippen LogP contribution in [0.4, 0.5) is 0 Å². The number of nitrogens with zero attached hydrogens (tertiary/aromatic N) is 1. The van der Waals surface area contributed by atoms with Crippen LogP contribution < -0.4 is 10.5 Å². The van der Waals surface area contributed by atoms with Crippen molar-refractivity contribution in [2.45, 2.75) is 34.3 Å². The summed E-state index contributed by atoms with van der Waals surface area (Å²) in [6.07, 6.45) is 0. The number of aryl methyl sites for hydroxylation is 3. The summed E-state index contributed by atoms with van der Waals surface area (Å²) in [6, 6.07) is 4.21. The van der Waals surface area contributed by atoms with Crippen LogP contribution >= 0.6 is 23.6 Å². The van der Waals surface area contributed by atoms with Gasteiger partial charge in [0.2, 0.25) is 0 Å². The van der Waals surface area contributed by atoms with Crippen molar-refractivity contribution in [3.63, 3.8) is 0 Å². The third-order valence-corrected chi connectivity index (χ3v) is 4.68. The Morgan fingerprint density at radius 2 is 2.00 bits per heavy atom. The zero-order valence-corrected chi connectivity index (χ0v) is 13.7. The highest BCUT2D eigenvalue weighted by atomic mass is 32.1. The van der Waals surface area contributed by atoms with Gasteiger partial charge in [-0.3, -0.25) is 0 Å². The largest absolute Gasteiger partial charge is 0.486 e. The Kier molecular flexibility index (Phi) is 4.40. The van der Waals surface area contributed by atoms with Crippen LogP contribution in [0, 0.1) is 27.7 Å². The number of ether oxygens (including phenoxy) is 1. The molecule has 0 radical (unpaired) electrons. The zero-order valence-electron chi connectivity index (χ0n) is 12.1. The van der Waals surface area contributed by atoms with Crippen LogP contribution in [0.15, 0.2) is 12.1 Å². The second-order valence-corrected chi connectivity index (χ2v) is 6.40. The SMILES string of the molecule is Cc1cc(C)c(C)c(OCc2nc(C)c(C(N)=S)s2)c1. The van der Waals surface area contributed by atoms with Gasteiger partial charge in [-0.05, 0) is 50.5 Å². The predicted octanol–water partition coefficient (Wildman–Crippen LogP) is 3.59. The number of aromatic nitrogens is 1. The molecule has 0 saturated heterocycles. The molecule has 0 aliphatic rings. The summed E-state index contributed by atoms with van der Waals surface area (Å²) in [5.74, 6) is 0.909. The fourth-order valence-corrected chi connectivity index (χ4v) is 3.14. The molecule has 0 unspecified atom stereocenters. The van der Waals surface area contributed by atoms with Crippen molar-refractivity contribution in [3.05, 3.63) is 44.4 Å². The van der Waals surface area contributed by atoms with E-state index in [4.69, 9.17) is 22.7 Å². The van der Waals surface area contributed by atoms with E-state index in [2.05, 4.69) is 37.9 Å². The molecule has 0 aliphatic heterocycles. The minimum Gasteiger partial charge on any atom is -0.486 e. The van der Waals surface area contributed by atoms with Crippen molar-refractivity contribution in [3.8, 4) is 5.75 Å². The molecule has 106 valence electrons. The van der Waals surface area contributed by atoms with Crippen molar-refractivity contribution in [2.24, 2.45) is 5.73 Å². The molecule has 5 heteroatoms. The molecule has 1 aromatic carbocycles. The topological polar surface area (TPSA) is 48.1 Å². The van der Waals surface area contributed by atoms with Gasteiger partial charge in [0.15, 0.2) is 0 Å². The van der Waals surface area contributed by atoms with Crippen LogP contribution in [0.5, 0.6) is 5.75 Å². The Balaban J connectivity index is 2.17. The van der Waals surface area contributed by atoms with Gasteiger partial charge in [-0.25, -0.2) is 4.98 Å². The maximum atomic E-state index is 5.90. The van der Waals surface area contributed by atoms with Gasteiger partial charge in [0.25, 0.3) is 0 Å². The molecule has 0 bridgehead atoms. The van der Waals surface area contributed by atoms with Crippen LogP contribution in [-0.2, 0) is 6.61 Å². The van der Waals surface area contributed by atoms with E-state index in [1.54, 1.807) is 0 Å². The van der Waals surface area contributed by atoms with Gasteiger partial charge in [0, 0.05) is 0 Å². The average Bonchev–Trinajstić information content (AvgIpc) is 2.73. The van der Waals surface area contributed by atoms with Crippen LogP contribution in [0.1, 0.15) is 32.3 Å². The molecule has 0 spiro atoms. The lowest BCUT2D eigenvalue weighted by Crippen LogP contribution is -2.08. The van der Waals surface area contributed by atoms with E-state index in [-0.39, 0.29) is 0 Å². The summed E-state index contributed by atoms with van der Waals surface area (Å²) in [4.78, 5) is 5.72. The molecule has 1 heterocycles. The van der Waals surface area contributed by atoms with Gasteiger partial charge in [-0.2, -0.15) is 0 Å². The van der Waals surface area contributed by atoms with E-state index >= 15 is 0 Å². The molecule has 0 fully saturated rings. The Labute approximate surface area is 128 Å². The molecule has 2 rings (SSSR count). The number of hydrogen-bond acceptors (Lipinski definition) is 4. The minimum atomic E-state index is 0.397. The first-order chi connectivity index (χ1) is 9.38. The van der Waals surface area contributed by atoms with Crippen molar-refractivity contribution in [2.75, 3.05) is 0 Å². The second-order valence-electron chi connectivity index (χ2n) is 4.88. The molecule has 1 aromatic heterocycles. The Morgan fingerprint density at radius 1 is 1.30 bits per heavy atom. The number of thiazole rings is 1. The van der Waals surface area contributed by atoms with E-state index in [0.29, 0.717) is 11.6 Å². The van der Waals surface area contributed by atoms with E-state index in [0.717, 1.165) is 21.3 Å². The smallest absolute Gasteiger partial charge is 0.140 e. The number of hydrogen-bond donors (Lipinski definition) is 1. The zero-order chi connectivity index (χ0) is 14.9. The maximum Gasteiger partial charge on any atom is 0.140 e. The highest BCUT2D eigenvalue weighted by molar-refractivity contribution is 7.81. The van der Waals surface area contributed by atoms with Gasteiger partial charge in [-0.15, -0.1) is 11.3 Å². The van der Waals surface area contributed by atoms with Gasteiger partial charge in [-0.1, -0.05) is 18.3 Å². The lowest BCUT2D eigenvalue weighted by atomic mass is 10.1. The molecule has 3 nitrogen and oxygen atoms in total. The highest BCUT2D eigenvalue weighted by Gasteiger charge is 2.11. The minimum absolute atomic E-state index is 0.397. The lowest BCUT2D eigenvalue weighted by Gasteiger charge is -2.11. The van der Waals surface area contributed by atoms with Crippen molar-refractivity contribution in [1.29, 1.82) is 0 Å². The summed E-state index contributed by atoms with van der Waals surface area (Å²) < 4.78 is 5.90. The second kappa shape index (κ2) is 5.89. The van der Waals surface area contributed by atoms with Gasteiger partial charge in [0.05, 0.1) is 10.6 Å². The monoisotopic (exact) mass is 306 g/mol. The highest BCUT2D eigenvalue weighted by Crippen LogP contribution is 2.25. The molecule has 0 atom stereocenters. The van der Waals surface area contributed by atoms with Crippen molar-refractivity contribution >= 4 is 28.5 Å². The Morgan fingerprint density at radius 3 is 2.60 bits per heavy atom. The fraction of sp³-hybridized carbons (Fsp3) is 0.333. The number of rotatable bonds is 4. The summed E-state index contributed by atoms with van der Waals surface area (Å²) in [7, 11) is 0. The van der Waals surface area contributed by atoms with Gasteiger partial charge < -0.3 is 10.5 Å². The lowest BCUT2D eigenvalue weighted by molar-refractivity contribution is 0.303. The summed E-state index contributed by atoms with van der Waals surface area (Å²) in [6.45, 7) is 8.58. The predicted molar refractivity (Wildman–Crippen MR) is 87.7 cm³/mol. The third-order valence-electron chi connectivity index (χ3n) is 3.18. The first-order valence-corrected chi connectivity index (χ1v) is 7.57. The van der Waals surface area contributed by atoms with Gasteiger partial charge in [0.1, 0.15) is 22.4 Å². The summed E-state index contributed by atoms with van der Waals surface area (Å²) in [5.41, 5.74) is 10.1. The van der Waals surface area contributed by atoms with Gasteiger partial charge >= 0.3 is 0 Å². The third kappa shape index (κ3) is 3.16. The maximum absolute atomic E-state index is 5.90. The van der Waals surface area contributed by atoms with Crippen LogP contribution in [0.3, 0.4) is 0 Å². The molecule has 0 amide bonds. The van der Waals surface area contributed by atoms with E-state index in [1.807, 2.05) is 6.92 Å². The molecule has 0 saturated carbocycles. The molecule has 2 aromatic rings. The standard InChI is InChI=1S/C15H18N2OS2/c1-8-5-9(2)10(3)12(6-8)18-7-13-17-11(4)14(20-13)15(16)19/h5-6H,7H2,1-4H3,(H2,16,19). The normalized spacial score (nSPS) is 10.6. The van der Waals surface area contributed by atoms with Crippen molar-refractivity contribution < 1.29 is 4.74 Å². The quantitative estimate of drug-likeness (QED) is 0.877. The van der Waals surface area contributed by atoms with Crippen LogP contribution in [-0.4, -0.2) is 9.97 Å². The van der Waals surface area contributed by atoms with Crippen LogP contribution in [0.2, 0.25) is 0 Å². The molecular formula is C15H18N2OS2. The fourth-order valence-electron chi connectivity index (χ4n) is 2.03. The summed E-state index contributed by atoms with van der Waals surface area (Å²) in [5, 5.41) is 0.892. The van der Waals surface area contributed by atoms with E-state index < -0.39 is 0 Å². The number of benzene rings is 1. The number of thiocarbonyl (C=S) groups is 1. The molecule has 0 aliphatic carbocycles. The molecule has 2 N–H and O–H groups in total. The van der Waals surface area contributed by atoms with Crippen LogP contribution in [0.25, 0.3) is 0 Å². The van der Waals surface area contributed by atoms with E-state index in [1.165, 1.54) is 28.0 Å². The molecule has 20 heavy (non-hydrogen) atoms. The molecular weight excluding hydrogens is 288 g/mol. The average molecular weight is 306 g/mol. The van der Waals surface area contributed by atoms with Crippen molar-refractivity contribution in [1.82, 2.24) is 4.98 Å².